The summed E-state index contributed by atoms with van der Waals surface area (Å²) in [5.74, 6) is 3.43. The Hall–Kier alpha value is -8.16. The second-order valence-electron chi connectivity index (χ2n) is 19.4. The van der Waals surface area contributed by atoms with E-state index in [0.717, 1.165) is 80.1 Å². The molecule has 11 rings (SSSR count). The van der Waals surface area contributed by atoms with E-state index in [4.69, 9.17) is 67.0 Å². The van der Waals surface area contributed by atoms with Gasteiger partial charge in [0.05, 0.1) is 52.7 Å². The minimum absolute atomic E-state index is 0.205. The van der Waals surface area contributed by atoms with E-state index in [1.54, 1.807) is 83.1 Å². The first-order chi connectivity index (χ1) is 39.3. The zero-order valence-electron chi connectivity index (χ0n) is 46.7. The van der Waals surface area contributed by atoms with Crippen molar-refractivity contribution in [3.8, 4) is 45.5 Å². The third-order valence-corrected chi connectivity index (χ3v) is 13.8. The zero-order chi connectivity index (χ0) is 58.8. The van der Waals surface area contributed by atoms with Gasteiger partial charge in [0.15, 0.2) is 4.60 Å². The molecule has 0 unspecified atom stereocenters. The van der Waals surface area contributed by atoms with Gasteiger partial charge in [-0.25, -0.2) is 34.7 Å². The predicted octanol–water partition coefficient (Wildman–Crippen LogP) is 9.75. The molecule has 7 heterocycles. The molecule has 1 aliphatic rings. The van der Waals surface area contributed by atoms with Crippen LogP contribution in [0, 0.1) is 0 Å². The molecule has 3 N–H and O–H groups in total. The number of piperidine rings is 1. The number of anilines is 2. The lowest BCUT2D eigenvalue weighted by atomic mass is 9.80. The number of nitrogens with one attached hydrogen (secondary N) is 1. The standard InChI is InChI=1S/C30H36N6O4.C13H11ClN4O.C7H9BO3.C6H4BrClN4/c1-30(2,3)40-29(37)36-15-13-19(14-16-36)20-11-12-22(25(17-20)39-6)32-28-31-18-23-27(33-28)26(34-35(23)4)21-9-7-8-10-24(21)38-5;1-18-9-7-15-13(14)16-12(9)11(17-18)8-5-3-4-6-10(8)19-2;1-11-7-5-3-2-4-6(7)8(9)10;1-12-3-2-9-6(8)10-4(3)5(7)11-12/h7-12,17-19H,13-16H2,1-6H3,(H,31,32,33);3-7H,1-2H3;2-5,9-10H,1H3;2H,1H3. The van der Waals surface area contributed by atoms with E-state index in [1.807, 2.05) is 96.5 Å². The van der Waals surface area contributed by atoms with E-state index in [1.165, 1.54) is 12.7 Å². The Kier molecular flexibility index (Phi) is 19.5. The van der Waals surface area contributed by atoms with Gasteiger partial charge in [-0.15, -0.1) is 0 Å². The molecule has 22 nitrogen and oxygen atoms in total. The van der Waals surface area contributed by atoms with Crippen LogP contribution in [0.25, 0.3) is 55.6 Å². The number of amides is 1. The number of hydrogen-bond acceptors (Lipinski definition) is 18. The second kappa shape index (κ2) is 26.6. The van der Waals surface area contributed by atoms with E-state index in [0.29, 0.717) is 52.0 Å². The average molecular weight is 1220 g/mol. The molecule has 6 aromatic heterocycles. The Balaban J connectivity index is 0.000000170. The van der Waals surface area contributed by atoms with E-state index in [2.05, 4.69) is 68.5 Å². The lowest BCUT2D eigenvalue weighted by Gasteiger charge is -2.33. The van der Waals surface area contributed by atoms with E-state index < -0.39 is 12.7 Å². The number of hydrogen-bond donors (Lipinski definition) is 3. The van der Waals surface area contributed by atoms with Gasteiger partial charge < -0.3 is 43.9 Å². The molecular formula is C56H60BBrCl2N14O8. The summed E-state index contributed by atoms with van der Waals surface area (Å²) in [6.07, 6.45) is 6.54. The Labute approximate surface area is 491 Å². The molecule has 26 heteroatoms. The van der Waals surface area contributed by atoms with Gasteiger partial charge >= 0.3 is 13.2 Å². The fraction of sp³-hybridized carbons (Fsp3) is 0.286. The van der Waals surface area contributed by atoms with Crippen LogP contribution in [-0.4, -0.2) is 135 Å². The van der Waals surface area contributed by atoms with Crippen molar-refractivity contribution >= 4 is 103 Å². The molecule has 10 aromatic rings. The lowest BCUT2D eigenvalue weighted by molar-refractivity contribution is 0.0204. The number of nitrogens with zero attached hydrogens (tertiary/aromatic N) is 13. The summed E-state index contributed by atoms with van der Waals surface area (Å²) in [4.78, 5) is 39.7. The molecular weight excluding hydrogens is 1160 g/mol. The molecule has 0 radical (unpaired) electrons. The van der Waals surface area contributed by atoms with Gasteiger partial charge in [-0.1, -0.05) is 48.5 Å². The van der Waals surface area contributed by atoms with Crippen LogP contribution in [-0.2, 0) is 25.9 Å². The van der Waals surface area contributed by atoms with Gasteiger partial charge in [-0.05, 0) is 127 Å². The first-order valence-electron chi connectivity index (χ1n) is 25.6. The maximum absolute atomic E-state index is 12.4. The van der Waals surface area contributed by atoms with Crippen LogP contribution in [0.4, 0.5) is 16.4 Å². The van der Waals surface area contributed by atoms with Gasteiger partial charge in [0, 0.05) is 50.8 Å². The van der Waals surface area contributed by atoms with Crippen molar-refractivity contribution in [2.45, 2.75) is 45.1 Å². The molecule has 82 heavy (non-hydrogen) atoms. The third kappa shape index (κ3) is 14.1. The van der Waals surface area contributed by atoms with Crippen molar-refractivity contribution in [2.75, 3.05) is 46.8 Å². The predicted molar refractivity (Wildman–Crippen MR) is 319 cm³/mol. The summed E-state index contributed by atoms with van der Waals surface area (Å²) >= 11 is 14.8. The fourth-order valence-corrected chi connectivity index (χ4v) is 9.72. The number of para-hydroxylation sites is 3. The Morgan fingerprint density at radius 1 is 0.634 bits per heavy atom. The number of aromatic nitrogens is 12. The van der Waals surface area contributed by atoms with Gasteiger partial charge in [0.2, 0.25) is 16.5 Å². The maximum Gasteiger partial charge on any atom is 0.492 e. The number of aryl methyl sites for hydroxylation is 3. The highest BCUT2D eigenvalue weighted by Gasteiger charge is 2.28. The van der Waals surface area contributed by atoms with Crippen LogP contribution in [0.3, 0.4) is 0 Å². The first kappa shape index (κ1) is 60.0. The highest BCUT2D eigenvalue weighted by Crippen LogP contribution is 2.38. The molecule has 4 aromatic carbocycles. The van der Waals surface area contributed by atoms with Crippen LogP contribution in [0.1, 0.15) is 45.1 Å². The molecule has 1 amide bonds. The summed E-state index contributed by atoms with van der Waals surface area (Å²) in [7, 11) is 10.5. The number of carbonyl (C=O) groups excluding carboxylic acids is 1. The lowest BCUT2D eigenvalue weighted by Crippen LogP contribution is -2.41. The number of ether oxygens (including phenoxy) is 5. The molecule has 1 saturated heterocycles. The molecule has 0 aliphatic carbocycles. The normalized spacial score (nSPS) is 12.4. The van der Waals surface area contributed by atoms with Crippen molar-refractivity contribution in [2.24, 2.45) is 21.1 Å². The van der Waals surface area contributed by atoms with Crippen LogP contribution in [0.15, 0.2) is 114 Å². The van der Waals surface area contributed by atoms with Gasteiger partial charge in [0.25, 0.3) is 0 Å². The summed E-state index contributed by atoms with van der Waals surface area (Å²) in [5, 5.41) is 34.7. The summed E-state index contributed by atoms with van der Waals surface area (Å²) in [6.45, 7) is 6.99. The van der Waals surface area contributed by atoms with Crippen LogP contribution in [0.5, 0.6) is 23.0 Å². The molecule has 0 saturated carbocycles. The fourth-order valence-electron chi connectivity index (χ4n) is 8.92. The second-order valence-corrected chi connectivity index (χ2v) is 20.8. The SMILES string of the molecule is COc1cc(C2CCN(C(=O)OC(C)(C)C)CC2)ccc1Nc1ncc2c(n1)c(-c1ccccc1OC)nn2C.COc1ccccc1-c1nn(C)c2cnc(Cl)nc12.COc1ccccc1B(O)O.Cn1nc(Br)c2nc(Cl)ncc21. The van der Waals surface area contributed by atoms with Crippen LogP contribution >= 0.6 is 39.1 Å². The third-order valence-electron chi connectivity index (χ3n) is 12.9. The molecule has 0 atom stereocenters. The molecule has 1 fully saturated rings. The van der Waals surface area contributed by atoms with Crippen molar-refractivity contribution < 1.29 is 38.5 Å². The topological polar surface area (TPSA) is 250 Å². The summed E-state index contributed by atoms with van der Waals surface area (Å²) < 4.78 is 33.0. The minimum Gasteiger partial charge on any atom is -0.497 e. The number of rotatable bonds is 10. The number of fused-ring (bicyclic) bond motifs is 3. The summed E-state index contributed by atoms with van der Waals surface area (Å²) in [5.41, 5.74) is 9.68. The molecule has 426 valence electrons. The van der Waals surface area contributed by atoms with E-state index in [-0.39, 0.29) is 16.7 Å². The van der Waals surface area contributed by atoms with Crippen molar-refractivity contribution in [1.29, 1.82) is 0 Å². The minimum atomic E-state index is -1.47. The first-order valence-corrected chi connectivity index (χ1v) is 27.1. The Morgan fingerprint density at radius 3 is 1.63 bits per heavy atom. The zero-order valence-corrected chi connectivity index (χ0v) is 49.8. The van der Waals surface area contributed by atoms with Crippen LogP contribution < -0.4 is 29.7 Å². The maximum atomic E-state index is 12.4. The smallest absolute Gasteiger partial charge is 0.492 e. The Bertz CT molecular complexity index is 3850. The van der Waals surface area contributed by atoms with Gasteiger partial charge in [-0.2, -0.15) is 15.3 Å². The van der Waals surface area contributed by atoms with Crippen molar-refractivity contribution in [1.82, 2.24) is 64.1 Å². The van der Waals surface area contributed by atoms with Crippen molar-refractivity contribution in [3.63, 3.8) is 0 Å². The summed E-state index contributed by atoms with van der Waals surface area (Å²) in [6, 6.07) is 28.3. The van der Waals surface area contributed by atoms with E-state index in [9.17, 15) is 4.79 Å². The highest BCUT2D eigenvalue weighted by atomic mass is 79.9. The van der Waals surface area contributed by atoms with Crippen molar-refractivity contribution in [3.05, 3.63) is 130 Å². The average Bonchev–Trinajstić information content (AvgIpc) is 4.14. The van der Waals surface area contributed by atoms with Gasteiger partial charge in [-0.3, -0.25) is 14.0 Å². The molecule has 0 bridgehead atoms. The monoisotopic (exact) mass is 1220 g/mol. The number of benzene rings is 4. The Morgan fingerprint density at radius 2 is 1.11 bits per heavy atom. The highest BCUT2D eigenvalue weighted by molar-refractivity contribution is 9.10. The molecule has 0 spiro atoms. The van der Waals surface area contributed by atoms with Crippen LogP contribution in [0.2, 0.25) is 10.6 Å². The van der Waals surface area contributed by atoms with E-state index >= 15 is 0 Å². The molecule has 1 aliphatic heterocycles. The largest absolute Gasteiger partial charge is 0.497 e. The quantitative estimate of drug-likeness (QED) is 0.0851. The number of carbonyl (C=O) groups is 1. The number of likely N-dealkylation sites (tertiary alicyclic amines) is 1. The number of halogens is 3. The number of methoxy groups -OCH3 is 4. The van der Waals surface area contributed by atoms with Gasteiger partial charge in [0.1, 0.15) is 73.1 Å².